The summed E-state index contributed by atoms with van der Waals surface area (Å²) in [6.07, 6.45) is 5.43. The number of rotatable bonds is 2. The van der Waals surface area contributed by atoms with Crippen LogP contribution in [0.4, 0.5) is 11.6 Å². The Morgan fingerprint density at radius 1 is 1.00 bits per heavy atom. The van der Waals surface area contributed by atoms with Crippen LogP contribution in [0.1, 0.15) is 93.8 Å². The summed E-state index contributed by atoms with van der Waals surface area (Å²) in [5.41, 5.74) is 3.44. The van der Waals surface area contributed by atoms with Gasteiger partial charge in [0.05, 0.1) is 36.2 Å². The maximum absolute atomic E-state index is 13.7. The van der Waals surface area contributed by atoms with Crippen molar-refractivity contribution >= 4 is 33.1 Å². The van der Waals surface area contributed by atoms with Gasteiger partial charge in [0.15, 0.2) is 5.03 Å². The van der Waals surface area contributed by atoms with E-state index in [0.29, 0.717) is 37.3 Å². The molecule has 1 saturated heterocycles. The highest BCUT2D eigenvalue weighted by molar-refractivity contribution is 7.90. The van der Waals surface area contributed by atoms with Crippen LogP contribution in [0, 0.1) is 5.92 Å². The molecule has 3 aliphatic rings. The average Bonchev–Trinajstić information content (AvgIpc) is 3.32. The van der Waals surface area contributed by atoms with Crippen LogP contribution in [0.5, 0.6) is 0 Å². The zero-order valence-electron chi connectivity index (χ0n) is 26.6. The van der Waals surface area contributed by atoms with Crippen LogP contribution in [-0.2, 0) is 20.2 Å². The minimum Gasteiger partial charge on any atom is -0.377 e. The number of hydrogen-bond acceptors (Lipinski definition) is 9. The number of ether oxygens (including phenoxy) is 1. The van der Waals surface area contributed by atoms with Gasteiger partial charge < -0.3 is 15.0 Å². The Balaban J connectivity index is 1.43. The number of sulfonamides is 1. The number of carbonyl (C=O) groups is 1. The van der Waals surface area contributed by atoms with Gasteiger partial charge in [-0.25, -0.2) is 14.7 Å². The van der Waals surface area contributed by atoms with E-state index in [2.05, 4.69) is 60.6 Å². The second-order valence-electron chi connectivity index (χ2n) is 13.9. The molecule has 3 aliphatic heterocycles. The number of nitrogens with zero attached hydrogens (tertiary/aromatic N) is 4. The van der Waals surface area contributed by atoms with Gasteiger partial charge in [-0.1, -0.05) is 39.0 Å². The van der Waals surface area contributed by atoms with Crippen LogP contribution < -0.4 is 14.9 Å². The number of amides is 1. The lowest BCUT2D eigenvalue weighted by Crippen LogP contribution is -2.41. The van der Waals surface area contributed by atoms with Crippen LogP contribution in [0.3, 0.4) is 0 Å². The molecule has 6 rings (SSSR count). The normalized spacial score (nSPS) is 23.1. The van der Waals surface area contributed by atoms with Gasteiger partial charge in [0.1, 0.15) is 11.6 Å². The Hall–Kier alpha value is -3.83. The Morgan fingerprint density at radius 2 is 1.80 bits per heavy atom. The Labute approximate surface area is 265 Å². The largest absolute Gasteiger partial charge is 0.377 e. The maximum atomic E-state index is 13.7. The molecule has 0 radical (unpaired) electrons. The van der Waals surface area contributed by atoms with Crippen LogP contribution in [0.25, 0.3) is 5.57 Å². The van der Waals surface area contributed by atoms with E-state index >= 15 is 0 Å². The number of pyridine rings is 3. The standard InChI is InChI=1S/C34H42N6O4S/c1-33(2,3)28-15-13-24-31(37-28)40-21-22(20-34(40,4)5)12-14-27(26-9-6-8-25(35-26)23-16-18-44-19-17-23)36-29-10-7-11-30(38-29)45(42,43)39-32(24)41/h6-11,13,15-16,22,27H,12,14,17-21H2,1-5H3,(H,36,38)(H,39,41)/t22-,27+/m0/s1. The van der Waals surface area contributed by atoms with Crippen molar-refractivity contribution in [3.8, 4) is 0 Å². The summed E-state index contributed by atoms with van der Waals surface area (Å²) < 4.78 is 34.8. The third-order valence-corrected chi connectivity index (χ3v) is 10.2. The number of carbonyl (C=O) groups excluding carboxylic acids is 1. The fourth-order valence-electron chi connectivity index (χ4n) is 6.54. The number of hydrogen-bond donors (Lipinski definition) is 2. The van der Waals surface area contributed by atoms with Crippen molar-refractivity contribution in [3.05, 3.63) is 77.3 Å². The first-order valence-corrected chi connectivity index (χ1v) is 17.1. The number of anilines is 2. The average molecular weight is 631 g/mol. The first-order chi connectivity index (χ1) is 21.3. The van der Waals surface area contributed by atoms with Crippen LogP contribution in [-0.4, -0.2) is 54.6 Å². The second kappa shape index (κ2) is 11.8. The molecular formula is C34H42N6O4S. The van der Waals surface area contributed by atoms with Gasteiger partial charge in [0.2, 0.25) is 0 Å². The highest BCUT2D eigenvalue weighted by Crippen LogP contribution is 2.41. The van der Waals surface area contributed by atoms with Gasteiger partial charge in [0, 0.05) is 23.2 Å². The third-order valence-electron chi connectivity index (χ3n) is 8.94. The molecule has 3 aromatic rings. The monoisotopic (exact) mass is 630 g/mol. The van der Waals surface area contributed by atoms with Crippen molar-refractivity contribution in [2.75, 3.05) is 30.0 Å². The van der Waals surface area contributed by atoms with E-state index in [1.54, 1.807) is 18.2 Å². The fourth-order valence-corrected chi connectivity index (χ4v) is 7.47. The predicted molar refractivity (Wildman–Crippen MR) is 175 cm³/mol. The molecule has 6 heterocycles. The van der Waals surface area contributed by atoms with Gasteiger partial charge >= 0.3 is 0 Å². The SMILES string of the molecule is CC(C)(C)c1ccc2c(n1)N1C[C@@H](CC[C@H](c3cccc(C4=CCOCC4)n3)Nc3cccc(n3)S(=O)(=O)NC2=O)CC1(C)C. The minimum atomic E-state index is -4.29. The summed E-state index contributed by atoms with van der Waals surface area (Å²) in [5, 5.41) is 3.24. The Bertz CT molecular complexity index is 1750. The van der Waals surface area contributed by atoms with Crippen LogP contribution in [0.15, 0.2) is 59.6 Å². The summed E-state index contributed by atoms with van der Waals surface area (Å²) in [6, 6.07) is 14.1. The Kier molecular flexibility index (Phi) is 8.19. The lowest BCUT2D eigenvalue weighted by Gasteiger charge is -2.34. The molecule has 238 valence electrons. The van der Waals surface area contributed by atoms with Gasteiger partial charge in [-0.2, -0.15) is 8.42 Å². The maximum Gasteiger partial charge on any atom is 0.281 e. The molecule has 1 amide bonds. The number of nitrogens with one attached hydrogen (secondary N) is 2. The number of fused-ring (bicyclic) bond motifs is 6. The fraction of sp³-hybridized carbons (Fsp3) is 0.471. The van der Waals surface area contributed by atoms with Gasteiger partial charge in [0.25, 0.3) is 15.9 Å². The molecule has 0 unspecified atom stereocenters. The van der Waals surface area contributed by atoms with Crippen molar-refractivity contribution in [1.82, 2.24) is 19.7 Å². The molecule has 0 saturated carbocycles. The molecule has 11 heteroatoms. The number of aromatic nitrogens is 3. The predicted octanol–water partition coefficient (Wildman–Crippen LogP) is 5.64. The topological polar surface area (TPSA) is 126 Å². The lowest BCUT2D eigenvalue weighted by atomic mass is 9.90. The molecular weight excluding hydrogens is 588 g/mol. The van der Waals surface area contributed by atoms with Crippen LogP contribution in [0.2, 0.25) is 0 Å². The molecule has 0 aromatic carbocycles. The first-order valence-electron chi connectivity index (χ1n) is 15.6. The van der Waals surface area contributed by atoms with E-state index in [1.807, 2.05) is 24.3 Å². The molecule has 45 heavy (non-hydrogen) atoms. The van der Waals surface area contributed by atoms with Gasteiger partial charge in [-0.3, -0.25) is 9.78 Å². The lowest BCUT2D eigenvalue weighted by molar-refractivity contribution is 0.0981. The molecule has 3 aromatic heterocycles. The minimum absolute atomic E-state index is 0.217. The van der Waals surface area contributed by atoms with E-state index in [4.69, 9.17) is 14.7 Å². The first kappa shape index (κ1) is 31.2. The van der Waals surface area contributed by atoms with E-state index in [0.717, 1.165) is 48.3 Å². The van der Waals surface area contributed by atoms with Gasteiger partial charge in [-0.05, 0) is 87.4 Å². The van der Waals surface area contributed by atoms with E-state index in [9.17, 15) is 13.2 Å². The van der Waals surface area contributed by atoms with Crippen molar-refractivity contribution in [2.24, 2.45) is 5.92 Å². The van der Waals surface area contributed by atoms with E-state index in [-0.39, 0.29) is 27.6 Å². The molecule has 10 nitrogen and oxygen atoms in total. The summed E-state index contributed by atoms with van der Waals surface area (Å²) in [5.74, 6) is 0.490. The highest BCUT2D eigenvalue weighted by Gasteiger charge is 2.41. The molecule has 2 N–H and O–H groups in total. The molecule has 1 fully saturated rings. The van der Waals surface area contributed by atoms with Crippen molar-refractivity contribution < 1.29 is 17.9 Å². The van der Waals surface area contributed by atoms with Crippen molar-refractivity contribution in [3.63, 3.8) is 0 Å². The summed E-state index contributed by atoms with van der Waals surface area (Å²) in [6.45, 7) is 12.5. The smallest absolute Gasteiger partial charge is 0.281 e. The Morgan fingerprint density at radius 3 is 2.56 bits per heavy atom. The van der Waals surface area contributed by atoms with E-state index < -0.39 is 15.9 Å². The van der Waals surface area contributed by atoms with Gasteiger partial charge in [-0.15, -0.1) is 0 Å². The molecule has 4 bridgehead atoms. The highest BCUT2D eigenvalue weighted by atomic mass is 32.2. The van der Waals surface area contributed by atoms with Crippen molar-refractivity contribution in [2.45, 2.75) is 82.3 Å². The van der Waals surface area contributed by atoms with Crippen molar-refractivity contribution in [1.29, 1.82) is 0 Å². The zero-order chi connectivity index (χ0) is 32.0. The molecule has 0 spiro atoms. The summed E-state index contributed by atoms with van der Waals surface area (Å²) >= 11 is 0. The zero-order valence-corrected chi connectivity index (χ0v) is 27.4. The second-order valence-corrected chi connectivity index (χ2v) is 15.5. The molecule has 2 atom stereocenters. The quantitative estimate of drug-likeness (QED) is 0.370. The van der Waals surface area contributed by atoms with E-state index in [1.165, 1.54) is 6.07 Å². The summed E-state index contributed by atoms with van der Waals surface area (Å²) in [4.78, 5) is 30.4. The summed E-state index contributed by atoms with van der Waals surface area (Å²) in [7, 11) is -4.29. The molecule has 0 aliphatic carbocycles. The third kappa shape index (κ3) is 6.60. The van der Waals surface area contributed by atoms with Crippen LogP contribution >= 0.6 is 0 Å².